The summed E-state index contributed by atoms with van der Waals surface area (Å²) in [6, 6.07) is 0.290. The molecule has 0 bridgehead atoms. The van der Waals surface area contributed by atoms with Gasteiger partial charge in [0.2, 0.25) is 29.1 Å². The van der Waals surface area contributed by atoms with Crippen molar-refractivity contribution in [1.29, 1.82) is 0 Å². The number of rotatable bonds is 6. The minimum Gasteiger partial charge on any atom is -0.482 e. The molecule has 0 aliphatic rings. The van der Waals surface area contributed by atoms with Crippen molar-refractivity contribution in [1.82, 2.24) is 0 Å². The van der Waals surface area contributed by atoms with Crippen LogP contribution >= 0.6 is 0 Å². The van der Waals surface area contributed by atoms with Crippen LogP contribution in [0.4, 0.5) is 35.1 Å². The summed E-state index contributed by atoms with van der Waals surface area (Å²) in [7, 11) is 0. The number of halogens is 8. The van der Waals surface area contributed by atoms with Crippen LogP contribution in [-0.2, 0) is 4.79 Å². The highest BCUT2D eigenvalue weighted by Gasteiger charge is 2.22. The van der Waals surface area contributed by atoms with Crippen LogP contribution in [0.2, 0.25) is 0 Å². The van der Waals surface area contributed by atoms with Gasteiger partial charge in [-0.3, -0.25) is 4.79 Å². The van der Waals surface area contributed by atoms with Crippen molar-refractivity contribution >= 4 is 5.78 Å². The molecule has 0 spiro atoms. The molecular weight excluding hydrogens is 380 g/mol. The van der Waals surface area contributed by atoms with Crippen molar-refractivity contribution in [2.45, 2.75) is 0 Å². The van der Waals surface area contributed by atoms with E-state index in [0.29, 0.717) is 0 Å². The van der Waals surface area contributed by atoms with Gasteiger partial charge in [0.1, 0.15) is 0 Å². The largest absolute Gasteiger partial charge is 0.482 e. The van der Waals surface area contributed by atoms with Gasteiger partial charge < -0.3 is 9.47 Å². The van der Waals surface area contributed by atoms with E-state index < -0.39 is 77.0 Å². The first-order valence-electron chi connectivity index (χ1n) is 6.56. The van der Waals surface area contributed by atoms with Gasteiger partial charge >= 0.3 is 0 Å². The van der Waals surface area contributed by atoms with Crippen LogP contribution in [0.25, 0.3) is 0 Å². The second-order valence-electron chi connectivity index (χ2n) is 4.71. The van der Waals surface area contributed by atoms with E-state index in [-0.39, 0.29) is 12.1 Å². The van der Waals surface area contributed by atoms with E-state index in [1.807, 2.05) is 0 Å². The number of ether oxygens (including phenoxy) is 2. The van der Waals surface area contributed by atoms with Crippen molar-refractivity contribution in [3.8, 4) is 11.5 Å². The monoisotopic (exact) mass is 386 g/mol. The average molecular weight is 386 g/mol. The Balaban J connectivity index is 2.01. The Morgan fingerprint density at radius 1 is 0.615 bits per heavy atom. The molecule has 0 aliphatic heterocycles. The molecule has 11 heteroatoms. The maximum absolute atomic E-state index is 13.3. The zero-order chi connectivity index (χ0) is 19.6. The van der Waals surface area contributed by atoms with Crippen LogP contribution in [0.3, 0.4) is 0 Å². The molecule has 3 nitrogen and oxygen atoms in total. The number of carbonyl (C=O) groups is 1. The minimum absolute atomic E-state index is 0.145. The summed E-state index contributed by atoms with van der Waals surface area (Å²) in [6.07, 6.45) is 0. The first kappa shape index (κ1) is 19.5. The lowest BCUT2D eigenvalue weighted by Gasteiger charge is -2.10. The van der Waals surface area contributed by atoms with Gasteiger partial charge in [-0.15, -0.1) is 0 Å². The maximum atomic E-state index is 13.3. The molecule has 0 N–H and O–H groups in total. The average Bonchev–Trinajstić information content (AvgIpc) is 2.61. The molecule has 0 fully saturated rings. The molecule has 140 valence electrons. The van der Waals surface area contributed by atoms with Gasteiger partial charge in [0, 0.05) is 12.1 Å². The summed E-state index contributed by atoms with van der Waals surface area (Å²) in [5, 5.41) is 0. The molecule has 26 heavy (non-hydrogen) atoms. The van der Waals surface area contributed by atoms with Crippen LogP contribution in [-0.4, -0.2) is 19.0 Å². The predicted molar refractivity (Wildman–Crippen MR) is 68.5 cm³/mol. The number of Topliss-reactive ketones (excluding diaryl/α,β-unsaturated/α-hetero) is 1. The highest BCUT2D eigenvalue weighted by molar-refractivity contribution is 5.81. The van der Waals surface area contributed by atoms with E-state index in [1.165, 1.54) is 0 Å². The Labute approximate surface area is 139 Å². The van der Waals surface area contributed by atoms with E-state index in [4.69, 9.17) is 0 Å². The fraction of sp³-hybridized carbons (Fsp3) is 0.133. The minimum atomic E-state index is -2.16. The van der Waals surface area contributed by atoms with Crippen LogP contribution in [0.15, 0.2) is 12.1 Å². The standard InChI is InChI=1S/C15H6F8O3/c16-6-1-8(12(20)14(22)10(6)18)25-3-5(24)4-26-9-2-7(17)11(19)15(23)13(9)21/h1-2H,3-4H2. The van der Waals surface area contributed by atoms with E-state index in [9.17, 15) is 39.9 Å². The molecule has 0 saturated carbocycles. The fourth-order valence-electron chi connectivity index (χ4n) is 1.67. The van der Waals surface area contributed by atoms with Crippen molar-refractivity contribution in [3.63, 3.8) is 0 Å². The summed E-state index contributed by atoms with van der Waals surface area (Å²) in [6.45, 7) is -2.12. The zero-order valence-corrected chi connectivity index (χ0v) is 12.3. The van der Waals surface area contributed by atoms with Gasteiger partial charge in [-0.25, -0.2) is 26.3 Å². The van der Waals surface area contributed by atoms with E-state index in [2.05, 4.69) is 9.47 Å². The topological polar surface area (TPSA) is 35.5 Å². The fourth-order valence-corrected chi connectivity index (χ4v) is 1.67. The Morgan fingerprint density at radius 3 is 1.31 bits per heavy atom. The second-order valence-corrected chi connectivity index (χ2v) is 4.71. The van der Waals surface area contributed by atoms with Crippen molar-refractivity contribution in [3.05, 3.63) is 58.7 Å². The number of benzene rings is 2. The molecule has 0 aromatic heterocycles. The highest BCUT2D eigenvalue weighted by atomic mass is 19.2. The zero-order valence-electron chi connectivity index (χ0n) is 12.3. The second kappa shape index (κ2) is 7.58. The molecule has 0 unspecified atom stereocenters. The van der Waals surface area contributed by atoms with Gasteiger partial charge in [0.25, 0.3) is 0 Å². The molecule has 2 rings (SSSR count). The molecule has 0 saturated heterocycles. The Kier molecular flexibility index (Phi) is 5.68. The van der Waals surface area contributed by atoms with Gasteiger partial charge in [0.05, 0.1) is 0 Å². The molecule has 2 aromatic carbocycles. The summed E-state index contributed by atoms with van der Waals surface area (Å²) in [4.78, 5) is 11.5. The quantitative estimate of drug-likeness (QED) is 0.430. The lowest BCUT2D eigenvalue weighted by atomic mass is 10.3. The summed E-state index contributed by atoms with van der Waals surface area (Å²) in [5.74, 6) is -19.2. The van der Waals surface area contributed by atoms with Crippen LogP contribution in [0, 0.1) is 46.5 Å². The van der Waals surface area contributed by atoms with Crippen LogP contribution in [0.5, 0.6) is 11.5 Å². The third-order valence-corrected chi connectivity index (χ3v) is 2.92. The van der Waals surface area contributed by atoms with Crippen molar-refractivity contribution in [2.75, 3.05) is 13.2 Å². The molecule has 0 heterocycles. The third-order valence-electron chi connectivity index (χ3n) is 2.92. The smallest absolute Gasteiger partial charge is 0.207 e. The third kappa shape index (κ3) is 3.86. The molecule has 0 atom stereocenters. The van der Waals surface area contributed by atoms with Gasteiger partial charge in [-0.05, 0) is 0 Å². The Hall–Kier alpha value is -2.85. The normalized spacial score (nSPS) is 10.8. The van der Waals surface area contributed by atoms with E-state index in [1.54, 1.807) is 0 Å². The lowest BCUT2D eigenvalue weighted by Crippen LogP contribution is -2.20. The maximum Gasteiger partial charge on any atom is 0.207 e. The molecule has 0 radical (unpaired) electrons. The first-order valence-corrected chi connectivity index (χ1v) is 6.56. The Morgan fingerprint density at radius 2 is 0.962 bits per heavy atom. The van der Waals surface area contributed by atoms with E-state index in [0.717, 1.165) is 0 Å². The summed E-state index contributed by atoms with van der Waals surface area (Å²) >= 11 is 0. The number of ketones is 1. The molecule has 2 aromatic rings. The van der Waals surface area contributed by atoms with Crippen LogP contribution in [0.1, 0.15) is 0 Å². The molecule has 0 amide bonds. The SMILES string of the molecule is O=C(COc1cc(F)c(F)c(F)c1F)COc1cc(F)c(F)c(F)c1F. The highest BCUT2D eigenvalue weighted by Crippen LogP contribution is 2.26. The van der Waals surface area contributed by atoms with Crippen molar-refractivity contribution in [2.24, 2.45) is 0 Å². The van der Waals surface area contributed by atoms with E-state index >= 15 is 0 Å². The number of hydrogen-bond acceptors (Lipinski definition) is 3. The Bertz CT molecular complexity index is 799. The van der Waals surface area contributed by atoms with Crippen LogP contribution < -0.4 is 9.47 Å². The first-order chi connectivity index (χ1) is 12.1. The summed E-state index contributed by atoms with van der Waals surface area (Å²) in [5.41, 5.74) is 0. The van der Waals surface area contributed by atoms with Gasteiger partial charge in [-0.2, -0.15) is 8.78 Å². The molecular formula is C15H6F8O3. The lowest BCUT2D eigenvalue weighted by molar-refractivity contribution is -0.123. The van der Waals surface area contributed by atoms with Crippen molar-refractivity contribution < 1.29 is 49.4 Å². The molecule has 0 aliphatic carbocycles. The van der Waals surface area contributed by atoms with Gasteiger partial charge in [-0.1, -0.05) is 0 Å². The summed E-state index contributed by atoms with van der Waals surface area (Å²) < 4.78 is 113. The number of hydrogen-bond donors (Lipinski definition) is 0. The number of carbonyl (C=O) groups excluding carboxylic acids is 1. The predicted octanol–water partition coefficient (Wildman–Crippen LogP) is 3.83. The van der Waals surface area contributed by atoms with Gasteiger partial charge in [0.15, 0.2) is 48.0 Å².